The van der Waals surface area contributed by atoms with Gasteiger partial charge in [0.1, 0.15) is 11.3 Å². The fourth-order valence-electron chi connectivity index (χ4n) is 2.69. The van der Waals surface area contributed by atoms with E-state index >= 15 is 0 Å². The Hall–Kier alpha value is -3.01. The predicted molar refractivity (Wildman–Crippen MR) is 89.9 cm³/mol. The average molecular weight is 319 g/mol. The maximum atomic E-state index is 13.7. The van der Waals surface area contributed by atoms with Crippen LogP contribution in [0.15, 0.2) is 71.4 Å². The quantitative estimate of drug-likeness (QED) is 0.528. The summed E-state index contributed by atoms with van der Waals surface area (Å²) < 4.78 is 21.5. The molecule has 0 fully saturated rings. The number of rotatable bonds is 3. The molecular weight excluding hydrogens is 303 g/mol. The minimum atomic E-state index is -0.191. The van der Waals surface area contributed by atoms with Gasteiger partial charge in [-0.25, -0.2) is 13.9 Å². The van der Waals surface area contributed by atoms with E-state index in [-0.39, 0.29) is 5.82 Å². The summed E-state index contributed by atoms with van der Waals surface area (Å²) in [5.74, 6) is 0.400. The first-order valence-corrected chi connectivity index (χ1v) is 7.79. The lowest BCUT2D eigenvalue weighted by Crippen LogP contribution is -2.33. The molecule has 0 bridgehead atoms. The highest BCUT2D eigenvalue weighted by atomic mass is 19.1. The van der Waals surface area contributed by atoms with Crippen molar-refractivity contribution in [1.82, 2.24) is 4.98 Å². The van der Waals surface area contributed by atoms with E-state index in [1.165, 1.54) is 6.07 Å². The van der Waals surface area contributed by atoms with Crippen LogP contribution in [0, 0.1) is 12.7 Å². The van der Waals surface area contributed by atoms with Crippen LogP contribution in [0.2, 0.25) is 0 Å². The zero-order chi connectivity index (χ0) is 16.5. The standard InChI is InChI=1S/C20H16FN2O/c1-14-6-7-19-18(12-14)22-20(24-19)15-8-10-23(11-9-15)13-16-4-2-3-5-17(16)21/h2-12H,13H2,1H3/q+1. The Labute approximate surface area is 139 Å². The minimum absolute atomic E-state index is 0.191. The van der Waals surface area contributed by atoms with Crippen molar-refractivity contribution in [3.63, 3.8) is 0 Å². The summed E-state index contributed by atoms with van der Waals surface area (Å²) in [7, 11) is 0. The number of aromatic nitrogens is 2. The molecule has 4 heteroatoms. The lowest BCUT2D eigenvalue weighted by molar-refractivity contribution is -0.688. The maximum Gasteiger partial charge on any atom is 0.227 e. The molecule has 0 radical (unpaired) electrons. The Morgan fingerprint density at radius 2 is 1.83 bits per heavy atom. The van der Waals surface area contributed by atoms with E-state index < -0.39 is 0 Å². The first-order chi connectivity index (χ1) is 11.7. The Bertz CT molecular complexity index is 1010. The van der Waals surface area contributed by atoms with Crippen molar-refractivity contribution in [1.29, 1.82) is 0 Å². The highest BCUT2D eigenvalue weighted by Gasteiger charge is 2.11. The van der Waals surface area contributed by atoms with Gasteiger partial charge in [0.05, 0.1) is 5.56 Å². The van der Waals surface area contributed by atoms with E-state index in [1.807, 2.05) is 60.3 Å². The third-order valence-corrected chi connectivity index (χ3v) is 3.99. The van der Waals surface area contributed by atoms with Gasteiger partial charge in [-0.2, -0.15) is 0 Å². The van der Waals surface area contributed by atoms with E-state index in [1.54, 1.807) is 12.1 Å². The van der Waals surface area contributed by atoms with Crippen molar-refractivity contribution in [2.45, 2.75) is 13.5 Å². The number of fused-ring (bicyclic) bond motifs is 1. The van der Waals surface area contributed by atoms with Crippen molar-refractivity contribution in [3.8, 4) is 11.5 Å². The van der Waals surface area contributed by atoms with Gasteiger partial charge in [0.25, 0.3) is 0 Å². The van der Waals surface area contributed by atoms with Crippen molar-refractivity contribution in [3.05, 3.63) is 83.9 Å². The highest BCUT2D eigenvalue weighted by Crippen LogP contribution is 2.24. The SMILES string of the molecule is Cc1ccc2oc(-c3cc[n+](Cc4ccccc4F)cc3)nc2c1. The monoisotopic (exact) mass is 319 g/mol. The number of benzene rings is 2. The maximum absolute atomic E-state index is 13.7. The molecule has 0 atom stereocenters. The third kappa shape index (κ3) is 2.78. The summed E-state index contributed by atoms with van der Waals surface area (Å²) in [6, 6.07) is 16.6. The normalized spacial score (nSPS) is 11.1. The molecule has 24 heavy (non-hydrogen) atoms. The molecule has 4 rings (SSSR count). The molecule has 0 aliphatic rings. The number of halogens is 1. The predicted octanol–water partition coefficient (Wildman–Crippen LogP) is 4.28. The molecule has 118 valence electrons. The van der Waals surface area contributed by atoms with Crippen molar-refractivity contribution < 1.29 is 13.4 Å². The zero-order valence-electron chi connectivity index (χ0n) is 13.2. The fraction of sp³-hybridized carbons (Fsp3) is 0.100. The van der Waals surface area contributed by atoms with Crippen LogP contribution >= 0.6 is 0 Å². The van der Waals surface area contributed by atoms with Crippen molar-refractivity contribution in [2.75, 3.05) is 0 Å². The summed E-state index contributed by atoms with van der Waals surface area (Å²) in [5, 5.41) is 0. The summed E-state index contributed by atoms with van der Waals surface area (Å²) in [6.07, 6.45) is 3.81. The van der Waals surface area contributed by atoms with Crippen LogP contribution in [-0.2, 0) is 6.54 Å². The van der Waals surface area contributed by atoms with Crippen LogP contribution in [0.4, 0.5) is 4.39 Å². The second-order valence-electron chi connectivity index (χ2n) is 5.84. The van der Waals surface area contributed by atoms with Gasteiger partial charge in [-0.05, 0) is 36.8 Å². The second-order valence-corrected chi connectivity index (χ2v) is 5.84. The van der Waals surface area contributed by atoms with Crippen LogP contribution in [0.3, 0.4) is 0 Å². The number of pyridine rings is 1. The first kappa shape index (κ1) is 14.6. The second kappa shape index (κ2) is 5.89. The molecule has 0 saturated carbocycles. The largest absolute Gasteiger partial charge is 0.436 e. The summed E-state index contributed by atoms with van der Waals surface area (Å²) in [4.78, 5) is 4.54. The van der Waals surface area contributed by atoms with E-state index in [9.17, 15) is 4.39 Å². The summed E-state index contributed by atoms with van der Waals surface area (Å²) >= 11 is 0. The average Bonchev–Trinajstić information content (AvgIpc) is 3.01. The van der Waals surface area contributed by atoms with E-state index in [0.29, 0.717) is 18.0 Å². The molecule has 2 heterocycles. The summed E-state index contributed by atoms with van der Waals surface area (Å²) in [6.45, 7) is 2.52. The minimum Gasteiger partial charge on any atom is -0.436 e. The Morgan fingerprint density at radius 3 is 2.62 bits per heavy atom. The lowest BCUT2D eigenvalue weighted by Gasteiger charge is -2.00. The van der Waals surface area contributed by atoms with E-state index in [0.717, 1.165) is 22.2 Å². The van der Waals surface area contributed by atoms with E-state index in [4.69, 9.17) is 4.42 Å². The van der Waals surface area contributed by atoms with Gasteiger partial charge < -0.3 is 4.42 Å². The van der Waals surface area contributed by atoms with Crippen LogP contribution in [-0.4, -0.2) is 4.98 Å². The molecule has 0 aliphatic carbocycles. The number of hydrogen-bond donors (Lipinski definition) is 0. The molecule has 0 saturated heterocycles. The van der Waals surface area contributed by atoms with Gasteiger partial charge in [0.15, 0.2) is 24.5 Å². The summed E-state index contributed by atoms with van der Waals surface area (Å²) in [5.41, 5.74) is 4.34. The van der Waals surface area contributed by atoms with Gasteiger partial charge in [-0.3, -0.25) is 0 Å². The van der Waals surface area contributed by atoms with Gasteiger partial charge in [0.2, 0.25) is 5.89 Å². The van der Waals surface area contributed by atoms with Crippen molar-refractivity contribution >= 4 is 11.1 Å². The number of aryl methyl sites for hydroxylation is 1. The molecule has 0 N–H and O–H groups in total. The Morgan fingerprint density at radius 1 is 1.04 bits per heavy atom. The van der Waals surface area contributed by atoms with E-state index in [2.05, 4.69) is 4.98 Å². The molecular formula is C20H16FN2O+. The number of oxazole rings is 1. The molecule has 2 aromatic carbocycles. The topological polar surface area (TPSA) is 29.9 Å². The van der Waals surface area contributed by atoms with Crippen LogP contribution in [0.25, 0.3) is 22.6 Å². The zero-order valence-corrected chi connectivity index (χ0v) is 13.2. The Kier molecular flexibility index (Phi) is 3.58. The van der Waals surface area contributed by atoms with Gasteiger partial charge in [-0.15, -0.1) is 0 Å². The number of hydrogen-bond acceptors (Lipinski definition) is 2. The molecule has 0 aliphatic heterocycles. The molecule has 4 aromatic rings. The highest BCUT2D eigenvalue weighted by molar-refractivity contribution is 5.76. The molecule has 0 unspecified atom stereocenters. The van der Waals surface area contributed by atoms with Crippen molar-refractivity contribution in [2.24, 2.45) is 0 Å². The van der Waals surface area contributed by atoms with Gasteiger partial charge >= 0.3 is 0 Å². The van der Waals surface area contributed by atoms with Gasteiger partial charge in [-0.1, -0.05) is 18.2 Å². The smallest absolute Gasteiger partial charge is 0.227 e. The number of nitrogens with zero attached hydrogens (tertiary/aromatic N) is 2. The fourth-order valence-corrected chi connectivity index (χ4v) is 2.69. The Balaban J connectivity index is 1.62. The third-order valence-electron chi connectivity index (χ3n) is 3.99. The van der Waals surface area contributed by atoms with Crippen LogP contribution in [0.1, 0.15) is 11.1 Å². The molecule has 3 nitrogen and oxygen atoms in total. The van der Waals surface area contributed by atoms with Crippen LogP contribution in [0.5, 0.6) is 0 Å². The van der Waals surface area contributed by atoms with Gasteiger partial charge in [0, 0.05) is 17.7 Å². The lowest BCUT2D eigenvalue weighted by atomic mass is 10.2. The van der Waals surface area contributed by atoms with Crippen LogP contribution < -0.4 is 4.57 Å². The molecule has 0 spiro atoms. The molecule has 2 aromatic heterocycles. The first-order valence-electron chi connectivity index (χ1n) is 7.79. The molecule has 0 amide bonds.